The first-order valence-electron chi connectivity index (χ1n) is 6.32. The van der Waals surface area contributed by atoms with Gasteiger partial charge in [-0.1, -0.05) is 23.7 Å². The van der Waals surface area contributed by atoms with Crippen LogP contribution < -0.4 is 5.32 Å². The van der Waals surface area contributed by atoms with Crippen LogP contribution >= 0.6 is 23.4 Å². The Balaban J connectivity index is 1.80. The molecule has 0 aromatic heterocycles. The van der Waals surface area contributed by atoms with Gasteiger partial charge in [0, 0.05) is 11.1 Å². The van der Waals surface area contributed by atoms with Gasteiger partial charge in [0.1, 0.15) is 0 Å². The van der Waals surface area contributed by atoms with Crippen LogP contribution in [0.1, 0.15) is 31.4 Å². The van der Waals surface area contributed by atoms with Crippen molar-refractivity contribution in [2.24, 2.45) is 5.92 Å². The van der Waals surface area contributed by atoms with Gasteiger partial charge in [-0.05, 0) is 61.4 Å². The summed E-state index contributed by atoms with van der Waals surface area (Å²) in [5.74, 6) is 3.54. The van der Waals surface area contributed by atoms with Gasteiger partial charge < -0.3 is 5.32 Å². The highest BCUT2D eigenvalue weighted by molar-refractivity contribution is 7.99. The van der Waals surface area contributed by atoms with E-state index in [0.717, 1.165) is 17.5 Å². The maximum Gasteiger partial charge on any atom is 0.0406 e. The molecule has 1 aromatic rings. The molecule has 1 atom stereocenters. The number of rotatable bonds is 4. The molecular weight excluding hydrogens is 250 g/mol. The summed E-state index contributed by atoms with van der Waals surface area (Å²) in [4.78, 5) is 0. The van der Waals surface area contributed by atoms with E-state index in [4.69, 9.17) is 11.6 Å². The first-order chi connectivity index (χ1) is 8.25. The fourth-order valence-corrected chi connectivity index (χ4v) is 3.49. The van der Waals surface area contributed by atoms with Crippen LogP contribution in [0.3, 0.4) is 0 Å². The van der Waals surface area contributed by atoms with Crippen LogP contribution in [0, 0.1) is 5.92 Å². The zero-order valence-electron chi connectivity index (χ0n) is 10.3. The van der Waals surface area contributed by atoms with E-state index in [1.807, 2.05) is 12.1 Å². The van der Waals surface area contributed by atoms with Crippen LogP contribution in [0.25, 0.3) is 0 Å². The first-order valence-corrected chi connectivity index (χ1v) is 7.85. The number of benzene rings is 1. The average Bonchev–Trinajstić information content (AvgIpc) is 2.38. The summed E-state index contributed by atoms with van der Waals surface area (Å²) in [6.07, 6.45) is 2.73. The van der Waals surface area contributed by atoms with Crippen molar-refractivity contribution >= 4 is 23.4 Å². The van der Waals surface area contributed by atoms with E-state index in [2.05, 4.69) is 36.1 Å². The molecule has 94 valence electrons. The molecule has 1 saturated heterocycles. The second-order valence-electron chi connectivity index (χ2n) is 4.74. The Kier molecular flexibility index (Phi) is 5.20. The van der Waals surface area contributed by atoms with Crippen LogP contribution in [-0.4, -0.2) is 18.1 Å². The topological polar surface area (TPSA) is 12.0 Å². The summed E-state index contributed by atoms with van der Waals surface area (Å²) in [5, 5.41) is 4.45. The number of hydrogen-bond acceptors (Lipinski definition) is 2. The normalized spacial score (nSPS) is 19.2. The highest BCUT2D eigenvalue weighted by Crippen LogP contribution is 2.23. The molecule has 1 fully saturated rings. The van der Waals surface area contributed by atoms with Gasteiger partial charge in [0.25, 0.3) is 0 Å². The lowest BCUT2D eigenvalue weighted by Crippen LogP contribution is -2.27. The summed E-state index contributed by atoms with van der Waals surface area (Å²) < 4.78 is 0. The third kappa shape index (κ3) is 4.20. The van der Waals surface area contributed by atoms with Gasteiger partial charge in [0.05, 0.1) is 0 Å². The number of halogens is 1. The third-order valence-electron chi connectivity index (χ3n) is 3.42. The lowest BCUT2D eigenvalue weighted by atomic mass is 10.0. The van der Waals surface area contributed by atoms with E-state index in [9.17, 15) is 0 Å². The molecule has 1 aliphatic heterocycles. The van der Waals surface area contributed by atoms with E-state index in [0.29, 0.717) is 6.04 Å². The van der Waals surface area contributed by atoms with Crippen LogP contribution in [0.4, 0.5) is 0 Å². The fourth-order valence-electron chi connectivity index (χ4n) is 2.16. The van der Waals surface area contributed by atoms with Crippen molar-refractivity contribution in [1.29, 1.82) is 0 Å². The Morgan fingerprint density at radius 3 is 2.59 bits per heavy atom. The van der Waals surface area contributed by atoms with E-state index in [1.54, 1.807) is 0 Å². The van der Waals surface area contributed by atoms with Crippen molar-refractivity contribution in [3.05, 3.63) is 34.9 Å². The number of thioether (sulfide) groups is 1. The Labute approximate surface area is 113 Å². The van der Waals surface area contributed by atoms with Crippen LogP contribution in [0.5, 0.6) is 0 Å². The molecule has 2 rings (SSSR count). The van der Waals surface area contributed by atoms with Gasteiger partial charge in [0.2, 0.25) is 0 Å². The molecule has 0 radical (unpaired) electrons. The number of nitrogens with one attached hydrogen (secondary N) is 1. The number of hydrogen-bond donors (Lipinski definition) is 1. The summed E-state index contributed by atoms with van der Waals surface area (Å²) in [5.41, 5.74) is 1.32. The molecule has 0 saturated carbocycles. The summed E-state index contributed by atoms with van der Waals surface area (Å²) in [6, 6.07) is 8.56. The maximum atomic E-state index is 5.89. The average molecular weight is 270 g/mol. The second kappa shape index (κ2) is 6.67. The van der Waals surface area contributed by atoms with E-state index < -0.39 is 0 Å². The fraction of sp³-hybridized carbons (Fsp3) is 0.571. The predicted octanol–water partition coefficient (Wildman–Crippen LogP) is 4.13. The minimum atomic E-state index is 0.418. The van der Waals surface area contributed by atoms with E-state index >= 15 is 0 Å². The van der Waals surface area contributed by atoms with Crippen molar-refractivity contribution in [2.75, 3.05) is 18.1 Å². The zero-order valence-corrected chi connectivity index (χ0v) is 11.9. The van der Waals surface area contributed by atoms with Crippen molar-refractivity contribution in [3.63, 3.8) is 0 Å². The molecular formula is C14H20ClNS. The molecule has 0 amide bonds. The summed E-state index contributed by atoms with van der Waals surface area (Å²) in [7, 11) is 0. The maximum absolute atomic E-state index is 5.89. The quantitative estimate of drug-likeness (QED) is 0.882. The Morgan fingerprint density at radius 2 is 1.94 bits per heavy atom. The Bertz CT molecular complexity index is 333. The molecule has 0 spiro atoms. The lowest BCUT2D eigenvalue weighted by molar-refractivity contribution is 0.421. The van der Waals surface area contributed by atoms with Crippen molar-refractivity contribution in [1.82, 2.24) is 5.32 Å². The molecule has 1 heterocycles. The SMILES string of the molecule is CC(NCC1CCSCC1)c1ccc(Cl)cc1. The third-order valence-corrected chi connectivity index (χ3v) is 4.72. The van der Waals surface area contributed by atoms with Gasteiger partial charge in [-0.25, -0.2) is 0 Å². The molecule has 1 aromatic carbocycles. The summed E-state index contributed by atoms with van der Waals surface area (Å²) >= 11 is 7.98. The van der Waals surface area contributed by atoms with Crippen LogP contribution in [0.15, 0.2) is 24.3 Å². The van der Waals surface area contributed by atoms with Gasteiger partial charge in [-0.3, -0.25) is 0 Å². The lowest BCUT2D eigenvalue weighted by Gasteiger charge is -2.24. The monoisotopic (exact) mass is 269 g/mol. The first kappa shape index (κ1) is 13.3. The van der Waals surface area contributed by atoms with Gasteiger partial charge in [0.15, 0.2) is 0 Å². The molecule has 17 heavy (non-hydrogen) atoms. The minimum absolute atomic E-state index is 0.418. The summed E-state index contributed by atoms with van der Waals surface area (Å²) in [6.45, 7) is 3.37. The van der Waals surface area contributed by atoms with Crippen LogP contribution in [0.2, 0.25) is 5.02 Å². The molecule has 1 aliphatic rings. The van der Waals surface area contributed by atoms with Gasteiger partial charge in [-0.2, -0.15) is 11.8 Å². The Morgan fingerprint density at radius 1 is 1.29 bits per heavy atom. The molecule has 0 bridgehead atoms. The van der Waals surface area contributed by atoms with Crippen molar-refractivity contribution < 1.29 is 0 Å². The molecule has 0 aliphatic carbocycles. The van der Waals surface area contributed by atoms with Gasteiger partial charge >= 0.3 is 0 Å². The van der Waals surface area contributed by atoms with E-state index in [-0.39, 0.29) is 0 Å². The second-order valence-corrected chi connectivity index (χ2v) is 6.40. The Hall–Kier alpha value is -0.180. The largest absolute Gasteiger partial charge is 0.310 e. The minimum Gasteiger partial charge on any atom is -0.310 e. The van der Waals surface area contributed by atoms with Gasteiger partial charge in [-0.15, -0.1) is 0 Å². The molecule has 1 unspecified atom stereocenters. The standard InChI is InChI=1S/C14H20ClNS/c1-11(13-2-4-14(15)5-3-13)16-10-12-6-8-17-9-7-12/h2-5,11-12,16H,6-10H2,1H3. The molecule has 1 N–H and O–H groups in total. The smallest absolute Gasteiger partial charge is 0.0406 e. The van der Waals surface area contributed by atoms with Crippen molar-refractivity contribution in [2.45, 2.75) is 25.8 Å². The zero-order chi connectivity index (χ0) is 12.1. The highest BCUT2D eigenvalue weighted by atomic mass is 35.5. The highest BCUT2D eigenvalue weighted by Gasteiger charge is 2.14. The molecule has 3 heteroatoms. The predicted molar refractivity (Wildman–Crippen MR) is 77.9 cm³/mol. The van der Waals surface area contributed by atoms with Crippen molar-refractivity contribution in [3.8, 4) is 0 Å². The van der Waals surface area contributed by atoms with Crippen LogP contribution in [-0.2, 0) is 0 Å². The van der Waals surface area contributed by atoms with E-state index in [1.165, 1.54) is 29.9 Å². The molecule has 1 nitrogen and oxygen atoms in total.